The van der Waals surface area contributed by atoms with Crippen LogP contribution in [0.4, 0.5) is 13.2 Å². The molecule has 1 aromatic carbocycles. The SMILES string of the molecule is Cn1cnc(-c2nc3ccc(C(F)(F)F)cc3[nH]2)c1. The number of fused-ring (bicyclic) bond motifs is 1. The predicted octanol–water partition coefficient (Wildman–Crippen LogP) is 2.98. The van der Waals surface area contributed by atoms with Gasteiger partial charge in [-0.1, -0.05) is 0 Å². The number of halogens is 3. The van der Waals surface area contributed by atoms with Gasteiger partial charge in [-0.05, 0) is 18.2 Å². The first-order valence-corrected chi connectivity index (χ1v) is 5.49. The maximum Gasteiger partial charge on any atom is 0.416 e. The number of hydrogen-bond acceptors (Lipinski definition) is 2. The summed E-state index contributed by atoms with van der Waals surface area (Å²) in [6.07, 6.45) is -1.02. The number of benzene rings is 1. The van der Waals surface area contributed by atoms with E-state index in [-0.39, 0.29) is 0 Å². The Morgan fingerprint density at radius 2 is 2.05 bits per heavy atom. The van der Waals surface area contributed by atoms with Gasteiger partial charge >= 0.3 is 6.18 Å². The highest BCUT2D eigenvalue weighted by Crippen LogP contribution is 2.31. The number of H-pyrrole nitrogens is 1. The van der Waals surface area contributed by atoms with E-state index in [1.807, 2.05) is 0 Å². The van der Waals surface area contributed by atoms with Crippen LogP contribution in [0.5, 0.6) is 0 Å². The summed E-state index contributed by atoms with van der Waals surface area (Å²) in [5.41, 5.74) is 0.715. The fraction of sp³-hybridized carbons (Fsp3) is 0.167. The van der Waals surface area contributed by atoms with Crippen molar-refractivity contribution in [3.63, 3.8) is 0 Å². The zero-order chi connectivity index (χ0) is 13.6. The van der Waals surface area contributed by atoms with Gasteiger partial charge in [-0.3, -0.25) is 0 Å². The summed E-state index contributed by atoms with van der Waals surface area (Å²) in [5.74, 6) is 0.454. The van der Waals surface area contributed by atoms with E-state index in [2.05, 4.69) is 15.0 Å². The molecule has 0 spiro atoms. The van der Waals surface area contributed by atoms with Crippen LogP contribution in [0.15, 0.2) is 30.7 Å². The first-order chi connectivity index (χ1) is 8.93. The number of imidazole rings is 2. The second-order valence-electron chi connectivity index (χ2n) is 4.24. The number of alkyl halides is 3. The Kier molecular flexibility index (Phi) is 2.38. The molecule has 0 radical (unpaired) electrons. The third-order valence-electron chi connectivity index (χ3n) is 2.76. The molecule has 0 atom stereocenters. The molecule has 0 fully saturated rings. The summed E-state index contributed by atoms with van der Waals surface area (Å²) in [6, 6.07) is 3.42. The van der Waals surface area contributed by atoms with Crippen molar-refractivity contribution in [2.75, 3.05) is 0 Å². The zero-order valence-corrected chi connectivity index (χ0v) is 9.86. The van der Waals surface area contributed by atoms with Gasteiger partial charge in [0.15, 0.2) is 5.82 Å². The van der Waals surface area contributed by atoms with Crippen LogP contribution in [-0.4, -0.2) is 19.5 Å². The lowest BCUT2D eigenvalue weighted by Crippen LogP contribution is -2.04. The molecule has 98 valence electrons. The quantitative estimate of drug-likeness (QED) is 0.736. The van der Waals surface area contributed by atoms with Gasteiger partial charge in [0.1, 0.15) is 5.69 Å². The van der Waals surface area contributed by atoms with Crippen LogP contribution in [0.25, 0.3) is 22.6 Å². The molecule has 0 saturated heterocycles. The molecule has 0 aliphatic rings. The van der Waals surface area contributed by atoms with Crippen molar-refractivity contribution < 1.29 is 13.2 Å². The summed E-state index contributed by atoms with van der Waals surface area (Å²) < 4.78 is 39.5. The third-order valence-corrected chi connectivity index (χ3v) is 2.76. The lowest BCUT2D eigenvalue weighted by atomic mass is 10.2. The Hall–Kier alpha value is -2.31. The molecule has 1 N–H and O–H groups in total. The highest BCUT2D eigenvalue weighted by molar-refractivity contribution is 5.79. The van der Waals surface area contributed by atoms with Crippen molar-refractivity contribution in [3.8, 4) is 11.5 Å². The lowest BCUT2D eigenvalue weighted by molar-refractivity contribution is -0.137. The number of nitrogens with zero attached hydrogens (tertiary/aromatic N) is 3. The monoisotopic (exact) mass is 266 g/mol. The highest BCUT2D eigenvalue weighted by Gasteiger charge is 2.30. The van der Waals surface area contributed by atoms with E-state index in [0.717, 1.165) is 12.1 Å². The largest absolute Gasteiger partial charge is 0.416 e. The first kappa shape index (κ1) is 11.8. The second-order valence-corrected chi connectivity index (χ2v) is 4.24. The third kappa shape index (κ3) is 2.07. The van der Waals surface area contributed by atoms with Gasteiger partial charge in [-0.25, -0.2) is 9.97 Å². The highest BCUT2D eigenvalue weighted by atomic mass is 19.4. The summed E-state index contributed by atoms with van der Waals surface area (Å²) in [4.78, 5) is 11.2. The molecule has 19 heavy (non-hydrogen) atoms. The number of nitrogens with one attached hydrogen (secondary N) is 1. The summed E-state index contributed by atoms with van der Waals surface area (Å²) in [6.45, 7) is 0. The number of aromatic amines is 1. The Balaban J connectivity index is 2.11. The average molecular weight is 266 g/mol. The fourth-order valence-electron chi connectivity index (χ4n) is 1.84. The number of aryl methyl sites for hydroxylation is 1. The van der Waals surface area contributed by atoms with Gasteiger partial charge in [0, 0.05) is 13.2 Å². The van der Waals surface area contributed by atoms with Crippen LogP contribution in [0.2, 0.25) is 0 Å². The molecular weight excluding hydrogens is 257 g/mol. The van der Waals surface area contributed by atoms with Gasteiger partial charge in [-0.15, -0.1) is 0 Å². The summed E-state index contributed by atoms with van der Waals surface area (Å²) in [5, 5.41) is 0. The normalized spacial score (nSPS) is 12.2. The Labute approximate surface area is 105 Å². The molecule has 4 nitrogen and oxygen atoms in total. The molecule has 0 amide bonds. The van der Waals surface area contributed by atoms with Gasteiger partial charge in [-0.2, -0.15) is 13.2 Å². The minimum Gasteiger partial charge on any atom is -0.340 e. The van der Waals surface area contributed by atoms with Crippen LogP contribution in [0.1, 0.15) is 5.56 Å². The average Bonchev–Trinajstić information content (AvgIpc) is 2.92. The maximum absolute atomic E-state index is 12.6. The van der Waals surface area contributed by atoms with E-state index in [1.54, 1.807) is 24.1 Å². The van der Waals surface area contributed by atoms with Gasteiger partial charge < -0.3 is 9.55 Å². The zero-order valence-electron chi connectivity index (χ0n) is 9.86. The molecular formula is C12H9F3N4. The molecule has 0 saturated carbocycles. The topological polar surface area (TPSA) is 46.5 Å². The van der Waals surface area contributed by atoms with E-state index < -0.39 is 11.7 Å². The van der Waals surface area contributed by atoms with E-state index in [4.69, 9.17) is 0 Å². The van der Waals surface area contributed by atoms with Crippen LogP contribution in [0.3, 0.4) is 0 Å². The van der Waals surface area contributed by atoms with E-state index in [0.29, 0.717) is 22.6 Å². The standard InChI is InChI=1S/C12H9F3N4/c1-19-5-10(16-6-19)11-17-8-3-2-7(12(13,14)15)4-9(8)18-11/h2-6H,1H3,(H,17,18). The van der Waals surface area contributed by atoms with Crippen molar-refractivity contribution in [2.45, 2.75) is 6.18 Å². The van der Waals surface area contributed by atoms with Crippen molar-refractivity contribution in [3.05, 3.63) is 36.3 Å². The molecule has 0 aliphatic carbocycles. The van der Waals surface area contributed by atoms with Crippen molar-refractivity contribution in [2.24, 2.45) is 7.05 Å². The Morgan fingerprint density at radius 1 is 1.26 bits per heavy atom. The van der Waals surface area contributed by atoms with Gasteiger partial charge in [0.25, 0.3) is 0 Å². The molecule has 2 aromatic heterocycles. The molecule has 3 aromatic rings. The summed E-state index contributed by atoms with van der Waals surface area (Å²) >= 11 is 0. The molecule has 0 unspecified atom stereocenters. The minimum absolute atomic E-state index is 0.343. The number of aromatic nitrogens is 4. The van der Waals surface area contributed by atoms with Crippen LogP contribution in [0, 0.1) is 0 Å². The van der Waals surface area contributed by atoms with E-state index >= 15 is 0 Å². The molecule has 3 rings (SSSR count). The van der Waals surface area contributed by atoms with E-state index in [1.165, 1.54) is 6.07 Å². The second kappa shape index (κ2) is 3.84. The predicted molar refractivity (Wildman–Crippen MR) is 63.3 cm³/mol. The first-order valence-electron chi connectivity index (χ1n) is 5.49. The maximum atomic E-state index is 12.6. The fourth-order valence-corrected chi connectivity index (χ4v) is 1.84. The molecule has 0 bridgehead atoms. The number of rotatable bonds is 1. The molecule has 2 heterocycles. The number of hydrogen-bond donors (Lipinski definition) is 1. The van der Waals surface area contributed by atoms with Gasteiger partial charge in [0.2, 0.25) is 0 Å². The Morgan fingerprint density at radius 3 is 2.68 bits per heavy atom. The smallest absolute Gasteiger partial charge is 0.340 e. The van der Waals surface area contributed by atoms with Crippen LogP contribution in [-0.2, 0) is 13.2 Å². The summed E-state index contributed by atoms with van der Waals surface area (Å²) in [7, 11) is 1.81. The van der Waals surface area contributed by atoms with Crippen molar-refractivity contribution in [1.82, 2.24) is 19.5 Å². The van der Waals surface area contributed by atoms with E-state index in [9.17, 15) is 13.2 Å². The van der Waals surface area contributed by atoms with Crippen molar-refractivity contribution >= 4 is 11.0 Å². The molecule has 7 heteroatoms. The minimum atomic E-state index is -4.36. The Bertz CT molecular complexity index is 739. The van der Waals surface area contributed by atoms with Crippen LogP contribution >= 0.6 is 0 Å². The van der Waals surface area contributed by atoms with Crippen molar-refractivity contribution in [1.29, 1.82) is 0 Å². The van der Waals surface area contributed by atoms with Crippen LogP contribution < -0.4 is 0 Å². The van der Waals surface area contributed by atoms with Gasteiger partial charge in [0.05, 0.1) is 22.9 Å². The lowest BCUT2D eigenvalue weighted by Gasteiger charge is -2.05. The molecule has 0 aliphatic heterocycles.